The van der Waals surface area contributed by atoms with E-state index < -0.39 is 0 Å². The SMILES string of the molecule is CCCC1CN(CCOCC)C(CC)(CC)CN1. The van der Waals surface area contributed by atoms with Crippen molar-refractivity contribution in [3.05, 3.63) is 0 Å². The van der Waals surface area contributed by atoms with Gasteiger partial charge in [-0.15, -0.1) is 0 Å². The van der Waals surface area contributed by atoms with Gasteiger partial charge in [-0.3, -0.25) is 4.90 Å². The van der Waals surface area contributed by atoms with Crippen LogP contribution in [-0.4, -0.2) is 49.3 Å². The highest BCUT2D eigenvalue weighted by atomic mass is 16.5. The summed E-state index contributed by atoms with van der Waals surface area (Å²) < 4.78 is 5.55. The monoisotopic (exact) mass is 256 g/mol. The second-order valence-electron chi connectivity index (χ2n) is 5.44. The van der Waals surface area contributed by atoms with Crippen molar-refractivity contribution >= 4 is 0 Å². The van der Waals surface area contributed by atoms with Crippen molar-refractivity contribution in [3.8, 4) is 0 Å². The van der Waals surface area contributed by atoms with E-state index in [9.17, 15) is 0 Å². The van der Waals surface area contributed by atoms with Crippen molar-refractivity contribution in [1.82, 2.24) is 10.2 Å². The first kappa shape index (κ1) is 15.9. The Morgan fingerprint density at radius 3 is 2.50 bits per heavy atom. The van der Waals surface area contributed by atoms with E-state index in [1.165, 1.54) is 32.2 Å². The average molecular weight is 256 g/mol. The summed E-state index contributed by atoms with van der Waals surface area (Å²) in [5.41, 5.74) is 0.349. The molecule has 0 saturated carbocycles. The zero-order valence-electron chi connectivity index (χ0n) is 12.8. The maximum atomic E-state index is 5.55. The van der Waals surface area contributed by atoms with E-state index in [2.05, 4.69) is 37.9 Å². The largest absolute Gasteiger partial charge is 0.380 e. The molecule has 108 valence electrons. The molecular weight excluding hydrogens is 224 g/mol. The lowest BCUT2D eigenvalue weighted by Crippen LogP contribution is -2.64. The number of nitrogens with zero attached hydrogens (tertiary/aromatic N) is 1. The van der Waals surface area contributed by atoms with Gasteiger partial charge >= 0.3 is 0 Å². The van der Waals surface area contributed by atoms with E-state index >= 15 is 0 Å². The Morgan fingerprint density at radius 1 is 1.22 bits per heavy atom. The summed E-state index contributed by atoms with van der Waals surface area (Å²) in [5, 5.41) is 3.75. The standard InChI is InChI=1S/C15H32N2O/c1-5-9-14-12-17(10-11-18-8-4)15(6-2,7-3)13-16-14/h14,16H,5-13H2,1-4H3. The molecule has 0 spiro atoms. The zero-order valence-corrected chi connectivity index (χ0v) is 12.8. The van der Waals surface area contributed by atoms with Crippen LogP contribution in [0.25, 0.3) is 0 Å². The van der Waals surface area contributed by atoms with Gasteiger partial charge in [0.05, 0.1) is 6.61 Å². The Kier molecular flexibility index (Phi) is 7.20. The van der Waals surface area contributed by atoms with Gasteiger partial charge in [0.1, 0.15) is 0 Å². The van der Waals surface area contributed by atoms with Crippen molar-refractivity contribution in [2.24, 2.45) is 0 Å². The number of ether oxygens (including phenoxy) is 1. The summed E-state index contributed by atoms with van der Waals surface area (Å²) in [6, 6.07) is 0.669. The molecule has 0 radical (unpaired) electrons. The summed E-state index contributed by atoms with van der Waals surface area (Å²) in [4.78, 5) is 2.68. The molecule has 0 aromatic rings. The third-order valence-electron chi connectivity index (χ3n) is 4.49. The average Bonchev–Trinajstić information content (AvgIpc) is 2.40. The van der Waals surface area contributed by atoms with Gasteiger partial charge in [0, 0.05) is 37.8 Å². The molecule has 1 atom stereocenters. The molecule has 0 aromatic heterocycles. The third kappa shape index (κ3) is 3.94. The van der Waals surface area contributed by atoms with E-state index in [1.54, 1.807) is 0 Å². The Bertz CT molecular complexity index is 217. The lowest BCUT2D eigenvalue weighted by Gasteiger charge is -2.49. The second kappa shape index (κ2) is 8.13. The normalized spacial score (nSPS) is 24.3. The molecule has 1 N–H and O–H groups in total. The van der Waals surface area contributed by atoms with Gasteiger partial charge in [0.2, 0.25) is 0 Å². The fourth-order valence-electron chi connectivity index (χ4n) is 3.11. The van der Waals surface area contributed by atoms with Crippen LogP contribution in [0, 0.1) is 0 Å². The van der Waals surface area contributed by atoms with Crippen LogP contribution in [0.4, 0.5) is 0 Å². The lowest BCUT2D eigenvalue weighted by atomic mass is 9.86. The molecule has 1 aliphatic heterocycles. The van der Waals surface area contributed by atoms with Gasteiger partial charge in [-0.2, -0.15) is 0 Å². The zero-order chi connectivity index (χ0) is 13.4. The predicted molar refractivity (Wildman–Crippen MR) is 78.1 cm³/mol. The molecule has 18 heavy (non-hydrogen) atoms. The molecule has 1 rings (SSSR count). The van der Waals surface area contributed by atoms with Crippen LogP contribution in [0.15, 0.2) is 0 Å². The minimum Gasteiger partial charge on any atom is -0.380 e. The quantitative estimate of drug-likeness (QED) is 0.676. The molecular formula is C15H32N2O. The first-order valence-electron chi connectivity index (χ1n) is 7.78. The first-order chi connectivity index (χ1) is 8.72. The smallest absolute Gasteiger partial charge is 0.0593 e. The summed E-state index contributed by atoms with van der Waals surface area (Å²) in [5.74, 6) is 0. The molecule has 0 aliphatic carbocycles. The number of hydrogen-bond donors (Lipinski definition) is 1. The van der Waals surface area contributed by atoms with Crippen molar-refractivity contribution in [3.63, 3.8) is 0 Å². The summed E-state index contributed by atoms with van der Waals surface area (Å²) in [6.45, 7) is 14.1. The number of nitrogens with one attached hydrogen (secondary N) is 1. The molecule has 1 heterocycles. The van der Waals surface area contributed by atoms with Gasteiger partial charge in [-0.25, -0.2) is 0 Å². The number of hydrogen-bond acceptors (Lipinski definition) is 3. The van der Waals surface area contributed by atoms with E-state index in [1.807, 2.05) is 0 Å². The molecule has 1 saturated heterocycles. The molecule has 1 aliphatic rings. The van der Waals surface area contributed by atoms with Crippen LogP contribution in [0.3, 0.4) is 0 Å². The summed E-state index contributed by atoms with van der Waals surface area (Å²) in [6.07, 6.45) is 5.00. The Labute approximate surface area is 113 Å². The molecule has 0 aromatic carbocycles. The maximum Gasteiger partial charge on any atom is 0.0593 e. The number of rotatable bonds is 8. The molecule has 3 nitrogen and oxygen atoms in total. The Morgan fingerprint density at radius 2 is 1.94 bits per heavy atom. The first-order valence-corrected chi connectivity index (χ1v) is 7.78. The van der Waals surface area contributed by atoms with Gasteiger partial charge < -0.3 is 10.1 Å². The van der Waals surface area contributed by atoms with Crippen LogP contribution in [0.1, 0.15) is 53.4 Å². The lowest BCUT2D eigenvalue weighted by molar-refractivity contribution is 0.00512. The third-order valence-corrected chi connectivity index (χ3v) is 4.49. The van der Waals surface area contributed by atoms with Crippen molar-refractivity contribution in [2.75, 3.05) is 32.8 Å². The highest BCUT2D eigenvalue weighted by Gasteiger charge is 2.38. The second-order valence-corrected chi connectivity index (χ2v) is 5.44. The Hall–Kier alpha value is -0.120. The van der Waals surface area contributed by atoms with Crippen LogP contribution in [-0.2, 0) is 4.74 Å². The van der Waals surface area contributed by atoms with Crippen LogP contribution < -0.4 is 5.32 Å². The van der Waals surface area contributed by atoms with E-state index in [-0.39, 0.29) is 0 Å². The van der Waals surface area contributed by atoms with Crippen LogP contribution in [0.5, 0.6) is 0 Å². The van der Waals surface area contributed by atoms with E-state index in [4.69, 9.17) is 4.74 Å². The molecule has 3 heteroatoms. The molecule has 1 fully saturated rings. The minimum atomic E-state index is 0.349. The van der Waals surface area contributed by atoms with E-state index in [0.29, 0.717) is 11.6 Å². The Balaban J connectivity index is 2.60. The van der Waals surface area contributed by atoms with Crippen LogP contribution in [0.2, 0.25) is 0 Å². The van der Waals surface area contributed by atoms with Crippen molar-refractivity contribution in [2.45, 2.75) is 65.0 Å². The summed E-state index contributed by atoms with van der Waals surface area (Å²) in [7, 11) is 0. The van der Waals surface area contributed by atoms with Gasteiger partial charge in [-0.05, 0) is 26.2 Å². The van der Waals surface area contributed by atoms with Gasteiger partial charge in [-0.1, -0.05) is 27.2 Å². The molecule has 0 bridgehead atoms. The van der Waals surface area contributed by atoms with Crippen molar-refractivity contribution < 1.29 is 4.74 Å². The molecule has 0 amide bonds. The highest BCUT2D eigenvalue weighted by Crippen LogP contribution is 2.27. The van der Waals surface area contributed by atoms with E-state index in [0.717, 1.165) is 26.3 Å². The number of piperazine rings is 1. The predicted octanol–water partition coefficient (Wildman–Crippen LogP) is 2.66. The topological polar surface area (TPSA) is 24.5 Å². The highest BCUT2D eigenvalue weighted by molar-refractivity contribution is 4.97. The minimum absolute atomic E-state index is 0.349. The summed E-state index contributed by atoms with van der Waals surface area (Å²) >= 11 is 0. The fraction of sp³-hybridized carbons (Fsp3) is 1.00. The van der Waals surface area contributed by atoms with Crippen LogP contribution >= 0.6 is 0 Å². The molecule has 1 unspecified atom stereocenters. The fourth-order valence-corrected chi connectivity index (χ4v) is 3.11. The maximum absolute atomic E-state index is 5.55. The van der Waals surface area contributed by atoms with Gasteiger partial charge in [0.15, 0.2) is 0 Å². The van der Waals surface area contributed by atoms with Gasteiger partial charge in [0.25, 0.3) is 0 Å². The van der Waals surface area contributed by atoms with Crippen molar-refractivity contribution in [1.29, 1.82) is 0 Å².